The molecule has 10 heteroatoms. The van der Waals surface area contributed by atoms with E-state index in [-0.39, 0.29) is 36.1 Å². The van der Waals surface area contributed by atoms with Crippen LogP contribution in [0, 0.1) is 11.8 Å². The summed E-state index contributed by atoms with van der Waals surface area (Å²) in [6, 6.07) is 12.8. The van der Waals surface area contributed by atoms with E-state index in [4.69, 9.17) is 9.47 Å². The molecule has 2 atom stereocenters. The average molecular weight is 516 g/mol. The van der Waals surface area contributed by atoms with Crippen LogP contribution in [-0.4, -0.2) is 54.9 Å². The van der Waals surface area contributed by atoms with Crippen molar-refractivity contribution < 1.29 is 23.9 Å². The van der Waals surface area contributed by atoms with E-state index in [9.17, 15) is 14.4 Å². The van der Waals surface area contributed by atoms with E-state index in [0.29, 0.717) is 42.9 Å². The fourth-order valence-corrected chi connectivity index (χ4v) is 4.98. The van der Waals surface area contributed by atoms with Crippen LogP contribution in [0.25, 0.3) is 0 Å². The number of anilines is 1. The lowest BCUT2D eigenvalue weighted by molar-refractivity contribution is -0.140. The number of hydrogen-bond donors (Lipinski definition) is 2. The first-order valence-corrected chi connectivity index (χ1v) is 12.5. The van der Waals surface area contributed by atoms with Gasteiger partial charge in [-0.3, -0.25) is 14.4 Å². The fourth-order valence-electron chi connectivity index (χ4n) is 4.98. The van der Waals surface area contributed by atoms with Crippen LogP contribution in [0.2, 0.25) is 0 Å². The van der Waals surface area contributed by atoms with Gasteiger partial charge in [0.2, 0.25) is 17.7 Å². The Labute approximate surface area is 220 Å². The highest BCUT2D eigenvalue weighted by molar-refractivity contribution is 6.08. The summed E-state index contributed by atoms with van der Waals surface area (Å²) in [6.45, 7) is -0.205. The molecule has 2 N–H and O–H groups in total. The maximum Gasteiger partial charge on any atom is 0.247 e. The minimum atomic E-state index is -0.353. The molecule has 0 aromatic heterocycles. The zero-order valence-corrected chi connectivity index (χ0v) is 21.3. The van der Waals surface area contributed by atoms with Crippen LogP contribution in [0.4, 0.5) is 5.69 Å². The van der Waals surface area contributed by atoms with Gasteiger partial charge in [-0.15, -0.1) is 0 Å². The third kappa shape index (κ3) is 5.15. The molecule has 38 heavy (non-hydrogen) atoms. The molecule has 2 heterocycles. The van der Waals surface area contributed by atoms with Crippen molar-refractivity contribution in [3.63, 3.8) is 0 Å². The van der Waals surface area contributed by atoms with Crippen molar-refractivity contribution >= 4 is 34.8 Å². The number of methoxy groups -OCH3 is 2. The quantitative estimate of drug-likeness (QED) is 0.549. The van der Waals surface area contributed by atoms with Crippen LogP contribution in [0.1, 0.15) is 36.8 Å². The Kier molecular flexibility index (Phi) is 7.21. The first kappa shape index (κ1) is 25.2. The van der Waals surface area contributed by atoms with Crippen LogP contribution < -0.4 is 20.2 Å². The maximum atomic E-state index is 13.3. The third-order valence-corrected chi connectivity index (χ3v) is 6.96. The topological polar surface area (TPSA) is 122 Å². The predicted octanol–water partition coefficient (Wildman–Crippen LogP) is 3.09. The van der Waals surface area contributed by atoms with Gasteiger partial charge in [-0.2, -0.15) is 10.2 Å². The molecule has 0 radical (unpaired) electrons. The molecule has 0 fully saturated rings. The van der Waals surface area contributed by atoms with Gasteiger partial charge in [0, 0.05) is 30.0 Å². The summed E-state index contributed by atoms with van der Waals surface area (Å²) in [4.78, 5) is 37.6. The van der Waals surface area contributed by atoms with Gasteiger partial charge in [-0.25, -0.2) is 10.4 Å². The second-order valence-electron chi connectivity index (χ2n) is 9.33. The van der Waals surface area contributed by atoms with Crippen LogP contribution in [-0.2, 0) is 14.4 Å². The lowest BCUT2D eigenvalue weighted by Crippen LogP contribution is -2.47. The maximum absolute atomic E-state index is 13.3. The zero-order valence-electron chi connectivity index (χ0n) is 21.3. The van der Waals surface area contributed by atoms with E-state index in [1.165, 1.54) is 5.01 Å². The van der Waals surface area contributed by atoms with Crippen molar-refractivity contribution in [2.75, 3.05) is 26.1 Å². The van der Waals surface area contributed by atoms with Gasteiger partial charge in [0.05, 0.1) is 31.6 Å². The first-order chi connectivity index (χ1) is 18.5. The molecular weight excluding hydrogens is 486 g/mol. The van der Waals surface area contributed by atoms with Gasteiger partial charge in [0.1, 0.15) is 6.54 Å². The lowest BCUT2D eigenvalue weighted by atomic mass is 9.76. The highest BCUT2D eigenvalue weighted by atomic mass is 16.5. The Morgan fingerprint density at radius 3 is 2.37 bits per heavy atom. The molecule has 2 unspecified atom stereocenters. The number of carbonyl (C=O) groups excluding carboxylic acids is 3. The van der Waals surface area contributed by atoms with Crippen LogP contribution in [0.3, 0.4) is 0 Å². The van der Waals surface area contributed by atoms with Gasteiger partial charge >= 0.3 is 0 Å². The Hall–Kier alpha value is -4.47. The van der Waals surface area contributed by atoms with E-state index in [1.54, 1.807) is 26.4 Å². The van der Waals surface area contributed by atoms with E-state index in [0.717, 1.165) is 22.6 Å². The summed E-state index contributed by atoms with van der Waals surface area (Å²) in [5.41, 5.74) is 6.30. The lowest BCUT2D eigenvalue weighted by Gasteiger charge is -2.36. The number of allylic oxidation sites excluding steroid dienone is 2. The molecule has 0 spiro atoms. The van der Waals surface area contributed by atoms with Gasteiger partial charge in [0.25, 0.3) is 0 Å². The van der Waals surface area contributed by atoms with Crippen molar-refractivity contribution in [3.05, 3.63) is 65.7 Å². The molecule has 2 aromatic rings. The number of amides is 3. The fraction of sp³-hybridized carbons (Fsp3) is 0.321. The number of carbonyl (C=O) groups is 3. The Balaban J connectivity index is 1.34. The predicted molar refractivity (Wildman–Crippen MR) is 142 cm³/mol. The van der Waals surface area contributed by atoms with Crippen LogP contribution in [0.5, 0.6) is 11.5 Å². The molecule has 5 rings (SSSR count). The summed E-state index contributed by atoms with van der Waals surface area (Å²) in [6.07, 6.45) is 6.34. The molecule has 196 valence electrons. The van der Waals surface area contributed by atoms with E-state index in [1.807, 2.05) is 36.4 Å². The summed E-state index contributed by atoms with van der Waals surface area (Å²) in [5.74, 6) is 0.194. The smallest absolute Gasteiger partial charge is 0.247 e. The monoisotopic (exact) mass is 515 g/mol. The van der Waals surface area contributed by atoms with Gasteiger partial charge < -0.3 is 14.8 Å². The number of ether oxygens (including phenoxy) is 2. The Bertz CT molecular complexity index is 1350. The van der Waals surface area contributed by atoms with Crippen molar-refractivity contribution in [1.29, 1.82) is 0 Å². The number of hydrogen-bond acceptors (Lipinski definition) is 7. The van der Waals surface area contributed by atoms with Crippen molar-refractivity contribution in [1.82, 2.24) is 10.4 Å². The van der Waals surface area contributed by atoms with Crippen molar-refractivity contribution in [2.24, 2.45) is 22.0 Å². The number of nitrogens with one attached hydrogen (secondary N) is 2. The number of nitrogens with zero attached hydrogens (tertiary/aromatic N) is 3. The summed E-state index contributed by atoms with van der Waals surface area (Å²) < 4.78 is 10.8. The second-order valence-corrected chi connectivity index (χ2v) is 9.33. The molecule has 1 aliphatic carbocycles. The molecule has 0 saturated carbocycles. The standard InChI is InChI=1S/C28H29N5O5/c1-37-23-13-9-18(15-24(23)38-2)27-20-5-3-4-6-21(20)28(36)33(32-27)16-26(35)29-19-10-7-17(8-11-19)22-12-14-25(34)31-30-22/h3-4,7-11,13,15,20-21H,5-6,12,14,16H2,1-2H3,(H,29,35)(H,31,34). The molecule has 2 aliphatic heterocycles. The minimum Gasteiger partial charge on any atom is -0.493 e. The summed E-state index contributed by atoms with van der Waals surface area (Å²) in [5, 5.41) is 12.9. The molecule has 3 aliphatic rings. The molecule has 10 nitrogen and oxygen atoms in total. The average Bonchev–Trinajstić information content (AvgIpc) is 2.95. The van der Waals surface area contributed by atoms with E-state index < -0.39 is 0 Å². The normalized spacial score (nSPS) is 20.6. The zero-order chi connectivity index (χ0) is 26.6. The van der Waals surface area contributed by atoms with Crippen LogP contribution >= 0.6 is 0 Å². The molecular formula is C28H29N5O5. The largest absolute Gasteiger partial charge is 0.493 e. The molecule has 3 amide bonds. The number of fused-ring (bicyclic) bond motifs is 1. The van der Waals surface area contributed by atoms with Crippen LogP contribution in [0.15, 0.2) is 64.8 Å². The second kappa shape index (κ2) is 10.9. The highest BCUT2D eigenvalue weighted by Gasteiger charge is 2.40. The van der Waals surface area contributed by atoms with Crippen molar-refractivity contribution in [3.8, 4) is 11.5 Å². The number of benzene rings is 2. The molecule has 0 saturated heterocycles. The van der Waals surface area contributed by atoms with E-state index in [2.05, 4.69) is 27.0 Å². The third-order valence-electron chi connectivity index (χ3n) is 6.96. The molecule has 0 bridgehead atoms. The summed E-state index contributed by atoms with van der Waals surface area (Å²) in [7, 11) is 3.15. The molecule has 2 aromatic carbocycles. The Morgan fingerprint density at radius 2 is 1.68 bits per heavy atom. The SMILES string of the molecule is COc1ccc(C2=NN(CC(=O)Nc3ccc(C4=NNC(=O)CC4)cc3)C(=O)C3CC=CCC23)cc1OC. The first-order valence-electron chi connectivity index (χ1n) is 12.5. The Morgan fingerprint density at radius 1 is 0.974 bits per heavy atom. The van der Waals surface area contributed by atoms with Crippen molar-refractivity contribution in [2.45, 2.75) is 25.7 Å². The summed E-state index contributed by atoms with van der Waals surface area (Å²) >= 11 is 0. The van der Waals surface area contributed by atoms with Gasteiger partial charge in [0.15, 0.2) is 11.5 Å². The van der Waals surface area contributed by atoms with E-state index >= 15 is 0 Å². The number of hydrazone groups is 2. The van der Waals surface area contributed by atoms with Gasteiger partial charge in [-0.05, 0) is 48.7 Å². The van der Waals surface area contributed by atoms with Gasteiger partial charge in [-0.1, -0.05) is 24.3 Å². The minimum absolute atomic E-state index is 0.0788. The number of rotatable bonds is 7. The highest BCUT2D eigenvalue weighted by Crippen LogP contribution is 2.36.